The zero-order valence-electron chi connectivity index (χ0n) is 35.4. The quantitative estimate of drug-likeness (QED) is 0.143. The highest BCUT2D eigenvalue weighted by molar-refractivity contribution is 6.02. The molecular weight excluding hydrogens is 795 g/mol. The van der Waals surface area contributed by atoms with Crippen molar-refractivity contribution < 1.29 is 51.9 Å². The monoisotopic (exact) mass is 848 g/mol. The van der Waals surface area contributed by atoms with E-state index in [9.17, 15) is 9.59 Å². The summed E-state index contributed by atoms with van der Waals surface area (Å²) in [6, 6.07) is 5.71. The van der Waals surface area contributed by atoms with Crippen LogP contribution >= 0.6 is 0 Å². The first-order chi connectivity index (χ1) is 29.2. The van der Waals surface area contributed by atoms with Crippen LogP contribution in [0.15, 0.2) is 30.5 Å². The molecule has 2 atom stereocenters. The second-order valence-corrected chi connectivity index (χ2v) is 17.6. The Hall–Kier alpha value is -4.97. The largest absolute Gasteiger partial charge is 0.480 e. The van der Waals surface area contributed by atoms with Gasteiger partial charge in [-0.25, -0.2) is 18.4 Å². The van der Waals surface area contributed by atoms with Gasteiger partial charge in [0.2, 0.25) is 0 Å². The van der Waals surface area contributed by atoms with Crippen LogP contribution in [0.1, 0.15) is 58.9 Å². The summed E-state index contributed by atoms with van der Waals surface area (Å²) in [4.78, 5) is 44.9. The molecule has 0 spiro atoms. The second-order valence-electron chi connectivity index (χ2n) is 17.6. The molecule has 5 heterocycles. The summed E-state index contributed by atoms with van der Waals surface area (Å²) in [6.07, 6.45) is 4.76. The lowest BCUT2D eigenvalue weighted by molar-refractivity contribution is -0.145. The van der Waals surface area contributed by atoms with Crippen LogP contribution < -0.4 is 14.4 Å². The van der Waals surface area contributed by atoms with Gasteiger partial charge in [-0.3, -0.25) is 9.88 Å². The first kappa shape index (κ1) is 42.7. The van der Waals surface area contributed by atoms with Crippen molar-refractivity contribution in [2.75, 3.05) is 78.0 Å². The van der Waals surface area contributed by atoms with Crippen LogP contribution in [0.5, 0.6) is 11.8 Å². The molecule has 17 heteroatoms. The number of rotatable bonds is 14. The summed E-state index contributed by atoms with van der Waals surface area (Å²) >= 11 is 0. The van der Waals surface area contributed by atoms with Crippen molar-refractivity contribution in [3.63, 3.8) is 0 Å². The number of ether oxygens (including phenoxy) is 6. The molecule has 4 aliphatic rings. The Labute approximate surface area is 353 Å². The number of carboxylic acids is 1. The number of carboxylic acid groups (broad SMARTS) is 1. The molecule has 328 valence electrons. The summed E-state index contributed by atoms with van der Waals surface area (Å²) < 4.78 is 67.5. The van der Waals surface area contributed by atoms with Gasteiger partial charge in [0.05, 0.1) is 43.4 Å². The van der Waals surface area contributed by atoms with E-state index in [4.69, 9.17) is 48.5 Å². The highest BCUT2D eigenvalue weighted by Crippen LogP contribution is 2.47. The van der Waals surface area contributed by atoms with Crippen LogP contribution in [-0.4, -0.2) is 139 Å². The fraction of sp³-hybridized carbons (Fsp3) is 0.568. The molecule has 1 N–H and O–H groups in total. The molecule has 2 aromatic heterocycles. The number of likely N-dealkylation sites (tertiary alicyclic amines) is 1. The van der Waals surface area contributed by atoms with Crippen molar-refractivity contribution in [2.45, 2.75) is 83.6 Å². The molecule has 3 saturated heterocycles. The maximum Gasteiger partial charge on any atom is 0.411 e. The number of pyridine rings is 1. The number of fused-ring (bicyclic) bond motifs is 4. The van der Waals surface area contributed by atoms with E-state index >= 15 is 8.78 Å². The predicted molar refractivity (Wildman–Crippen MR) is 221 cm³/mol. The molecule has 8 rings (SSSR count). The maximum absolute atomic E-state index is 17.5. The highest BCUT2D eigenvalue weighted by Gasteiger charge is 2.46. The topological polar surface area (TPSA) is 158 Å². The molecule has 1 aliphatic carbocycles. The van der Waals surface area contributed by atoms with E-state index in [0.29, 0.717) is 65.0 Å². The summed E-state index contributed by atoms with van der Waals surface area (Å²) in [5.74, 6) is -1.30. The van der Waals surface area contributed by atoms with Crippen molar-refractivity contribution in [3.8, 4) is 23.0 Å². The van der Waals surface area contributed by atoms with Crippen molar-refractivity contribution in [1.29, 1.82) is 0 Å². The number of morpholine rings is 1. The van der Waals surface area contributed by atoms with E-state index in [2.05, 4.69) is 4.90 Å². The van der Waals surface area contributed by atoms with Crippen LogP contribution in [0, 0.1) is 17.0 Å². The molecule has 2 unspecified atom stereocenters. The van der Waals surface area contributed by atoms with Gasteiger partial charge in [-0.2, -0.15) is 9.97 Å². The molecule has 1 saturated carbocycles. The molecule has 3 aliphatic heterocycles. The number of aryl methyl sites for hydroxylation is 1. The number of amides is 1. The Morgan fingerprint density at radius 1 is 1.03 bits per heavy atom. The third kappa shape index (κ3) is 9.30. The zero-order valence-corrected chi connectivity index (χ0v) is 35.4. The van der Waals surface area contributed by atoms with Gasteiger partial charge in [-0.05, 0) is 87.4 Å². The molecule has 2 bridgehead atoms. The molecule has 0 radical (unpaired) electrons. The van der Waals surface area contributed by atoms with Crippen LogP contribution in [-0.2, 0) is 30.2 Å². The van der Waals surface area contributed by atoms with Crippen molar-refractivity contribution >= 4 is 39.6 Å². The summed E-state index contributed by atoms with van der Waals surface area (Å²) in [6.45, 7) is 10.8. The fourth-order valence-electron chi connectivity index (χ4n) is 8.84. The average molecular weight is 849 g/mol. The van der Waals surface area contributed by atoms with Gasteiger partial charge >= 0.3 is 18.1 Å². The van der Waals surface area contributed by atoms with Crippen molar-refractivity contribution in [2.24, 2.45) is 5.41 Å². The van der Waals surface area contributed by atoms with E-state index in [1.54, 1.807) is 29.3 Å². The van der Waals surface area contributed by atoms with Gasteiger partial charge in [0.1, 0.15) is 40.8 Å². The summed E-state index contributed by atoms with van der Waals surface area (Å²) in [7, 11) is 1.50. The second kappa shape index (κ2) is 17.4. The lowest BCUT2D eigenvalue weighted by atomic mass is 9.94. The van der Waals surface area contributed by atoms with Gasteiger partial charge in [-0.1, -0.05) is 13.0 Å². The number of aliphatic carboxylic acids is 1. The lowest BCUT2D eigenvalue weighted by Gasteiger charge is -2.49. The number of halogens is 2. The highest BCUT2D eigenvalue weighted by atomic mass is 19.1. The Balaban J connectivity index is 1.15. The molecule has 15 nitrogen and oxygen atoms in total. The third-order valence-electron chi connectivity index (χ3n) is 11.9. The summed E-state index contributed by atoms with van der Waals surface area (Å²) in [5, 5.41) is 10.5. The van der Waals surface area contributed by atoms with Gasteiger partial charge in [-0.15, -0.1) is 0 Å². The van der Waals surface area contributed by atoms with Crippen LogP contribution in [0.4, 0.5) is 19.4 Å². The number of hydrogen-bond donors (Lipinski definition) is 1. The fourth-order valence-corrected chi connectivity index (χ4v) is 8.84. The Bertz CT molecular complexity index is 2270. The van der Waals surface area contributed by atoms with Crippen LogP contribution in [0.25, 0.3) is 32.9 Å². The number of hydrogen-bond acceptors (Lipinski definition) is 13. The number of anilines is 1. The SMILES string of the molecule is CCc1c(F)ccc2cc(OCOC)cc(-c3ncc4c(N5CC6COCC(C5)N6C(=O)OC(C)(C)C)nc(OCC5(CN6CCC(OCC(=O)O)CC6)CC5)nc4c3F)c12. The average Bonchev–Trinajstić information content (AvgIpc) is 3.99. The maximum atomic E-state index is 17.5. The Kier molecular flexibility index (Phi) is 12.2. The normalized spacial score (nSPS) is 20.6. The number of nitrogens with zero attached hydrogens (tertiary/aromatic N) is 6. The Morgan fingerprint density at radius 2 is 1.77 bits per heavy atom. The smallest absolute Gasteiger partial charge is 0.411 e. The van der Waals surface area contributed by atoms with E-state index in [-0.39, 0.29) is 67.4 Å². The van der Waals surface area contributed by atoms with Gasteiger partial charge in [0, 0.05) is 57.0 Å². The molecule has 4 fully saturated rings. The van der Waals surface area contributed by atoms with Gasteiger partial charge < -0.3 is 43.3 Å². The number of piperazine rings is 1. The van der Waals surface area contributed by atoms with Crippen LogP contribution in [0.2, 0.25) is 0 Å². The minimum Gasteiger partial charge on any atom is -0.480 e. The summed E-state index contributed by atoms with van der Waals surface area (Å²) in [5.41, 5.74) is -0.123. The van der Waals surface area contributed by atoms with Gasteiger partial charge in [0.25, 0.3) is 0 Å². The van der Waals surface area contributed by atoms with Crippen LogP contribution in [0.3, 0.4) is 0 Å². The molecule has 4 aromatic rings. The molecule has 1 amide bonds. The van der Waals surface area contributed by atoms with E-state index < -0.39 is 29.3 Å². The Morgan fingerprint density at radius 3 is 2.43 bits per heavy atom. The molecule has 2 aromatic carbocycles. The minimum absolute atomic E-state index is 0.00362. The van der Waals surface area contributed by atoms with Gasteiger partial charge in [0.15, 0.2) is 12.6 Å². The van der Waals surface area contributed by atoms with Crippen molar-refractivity contribution in [3.05, 3.63) is 47.7 Å². The number of methoxy groups -OCH3 is 1. The number of piperidine rings is 1. The standard InChI is InChI=1S/C44H54F2N6O9/c1-6-31-34(45)8-7-26-15-30(60-25-56-5)16-32(36(26)31)38-37(46)39-33(17-47-38)40(51-18-27-20-57-21-28(19-51)52(27)42(55)61-43(2,3)4)49-41(48-39)59-24-44(11-12-44)23-50-13-9-29(10-14-50)58-22-35(53)54/h7-8,15-17,27-29H,6,9-14,18-25H2,1-5H3,(H,53,54). The third-order valence-corrected chi connectivity index (χ3v) is 11.9. The number of carbonyl (C=O) groups excluding carboxylic acids is 1. The van der Waals surface area contributed by atoms with E-state index in [1.165, 1.54) is 13.2 Å². The van der Waals surface area contributed by atoms with Crippen molar-refractivity contribution in [1.82, 2.24) is 24.8 Å². The number of carbonyl (C=O) groups is 2. The minimum atomic E-state index is -0.973. The zero-order chi connectivity index (χ0) is 43.1. The number of benzene rings is 2. The van der Waals surface area contributed by atoms with E-state index in [0.717, 1.165) is 45.3 Å². The number of aromatic nitrogens is 3. The van der Waals surface area contributed by atoms with E-state index in [1.807, 2.05) is 32.6 Å². The first-order valence-corrected chi connectivity index (χ1v) is 21.0. The predicted octanol–water partition coefficient (Wildman–Crippen LogP) is 6.22. The first-order valence-electron chi connectivity index (χ1n) is 21.0. The molecule has 61 heavy (non-hydrogen) atoms. The molecular formula is C44H54F2N6O9. The lowest BCUT2D eigenvalue weighted by Crippen LogP contribution is -2.66.